The van der Waals surface area contributed by atoms with Gasteiger partial charge in [-0.2, -0.15) is 0 Å². The Labute approximate surface area is 138 Å². The van der Waals surface area contributed by atoms with E-state index in [2.05, 4.69) is 30.7 Å². The summed E-state index contributed by atoms with van der Waals surface area (Å²) in [5.74, 6) is 2.01. The third kappa shape index (κ3) is 3.02. The Hall–Kier alpha value is -1.40. The summed E-state index contributed by atoms with van der Waals surface area (Å²) in [4.78, 5) is 16.2. The number of aliphatic hydroxyl groups excluding tert-OH is 1. The third-order valence-corrected chi connectivity index (χ3v) is 5.66. The minimum Gasteiger partial charge on any atom is -0.394 e. The first-order chi connectivity index (χ1) is 11.3. The van der Waals surface area contributed by atoms with Crippen LogP contribution in [0.2, 0.25) is 0 Å². The van der Waals surface area contributed by atoms with Crippen LogP contribution in [-0.4, -0.2) is 71.4 Å². The largest absolute Gasteiger partial charge is 0.394 e. The van der Waals surface area contributed by atoms with Crippen LogP contribution in [0.25, 0.3) is 0 Å². The molecular formula is C17H27N5O. The van der Waals surface area contributed by atoms with Crippen molar-refractivity contribution in [2.24, 2.45) is 0 Å². The number of hydrogen-bond acceptors (Lipinski definition) is 6. The molecule has 1 aromatic rings. The molecule has 0 radical (unpaired) electrons. The first-order valence-electron chi connectivity index (χ1n) is 9.03. The van der Waals surface area contributed by atoms with Crippen LogP contribution >= 0.6 is 0 Å². The van der Waals surface area contributed by atoms with Crippen molar-refractivity contribution in [1.82, 2.24) is 14.9 Å². The molecule has 0 bridgehead atoms. The van der Waals surface area contributed by atoms with Crippen LogP contribution in [0.3, 0.4) is 0 Å². The second-order valence-electron chi connectivity index (χ2n) is 7.04. The highest BCUT2D eigenvalue weighted by molar-refractivity contribution is 5.52. The number of anilines is 2. The summed E-state index contributed by atoms with van der Waals surface area (Å²) in [6.07, 6.45) is 7.81. The standard InChI is InChI=1S/C17H27N5O/c23-12-15-4-3-8-22(15)17-10-16(18-13-19-17)21-9-5-14(11-21)20-6-1-2-7-20/h10,13-15,23H,1-9,11-12H2/t14-,15+/m1/s1. The van der Waals surface area contributed by atoms with E-state index in [9.17, 15) is 5.11 Å². The quantitative estimate of drug-likeness (QED) is 0.898. The fourth-order valence-corrected chi connectivity index (χ4v) is 4.35. The van der Waals surface area contributed by atoms with Crippen molar-refractivity contribution in [1.29, 1.82) is 0 Å². The van der Waals surface area contributed by atoms with Crippen molar-refractivity contribution in [2.75, 3.05) is 49.1 Å². The Morgan fingerprint density at radius 1 is 1.00 bits per heavy atom. The average molecular weight is 317 g/mol. The molecule has 6 nitrogen and oxygen atoms in total. The van der Waals surface area contributed by atoms with Gasteiger partial charge in [0.25, 0.3) is 0 Å². The Morgan fingerprint density at radius 3 is 2.65 bits per heavy atom. The molecule has 1 N–H and O–H groups in total. The highest BCUT2D eigenvalue weighted by atomic mass is 16.3. The van der Waals surface area contributed by atoms with E-state index in [4.69, 9.17) is 0 Å². The van der Waals surface area contributed by atoms with Crippen LogP contribution in [0, 0.1) is 0 Å². The fraction of sp³-hybridized carbons (Fsp3) is 0.765. The van der Waals surface area contributed by atoms with E-state index in [1.54, 1.807) is 6.33 Å². The molecule has 0 saturated carbocycles. The molecule has 0 aliphatic carbocycles. The van der Waals surface area contributed by atoms with Crippen LogP contribution in [0.4, 0.5) is 11.6 Å². The van der Waals surface area contributed by atoms with Crippen LogP contribution in [-0.2, 0) is 0 Å². The zero-order valence-electron chi connectivity index (χ0n) is 13.8. The number of likely N-dealkylation sites (tertiary alicyclic amines) is 1. The van der Waals surface area contributed by atoms with Gasteiger partial charge in [0, 0.05) is 31.7 Å². The van der Waals surface area contributed by atoms with Crippen LogP contribution in [0.15, 0.2) is 12.4 Å². The van der Waals surface area contributed by atoms with Gasteiger partial charge >= 0.3 is 0 Å². The zero-order valence-corrected chi connectivity index (χ0v) is 13.8. The fourth-order valence-electron chi connectivity index (χ4n) is 4.35. The molecule has 23 heavy (non-hydrogen) atoms. The van der Waals surface area contributed by atoms with E-state index in [-0.39, 0.29) is 12.6 Å². The Morgan fingerprint density at radius 2 is 1.83 bits per heavy atom. The molecule has 0 spiro atoms. The van der Waals surface area contributed by atoms with E-state index in [1.807, 2.05) is 0 Å². The number of rotatable bonds is 4. The van der Waals surface area contributed by atoms with Crippen molar-refractivity contribution in [3.8, 4) is 0 Å². The van der Waals surface area contributed by atoms with Gasteiger partial charge in [-0.25, -0.2) is 9.97 Å². The van der Waals surface area contributed by atoms with Gasteiger partial charge in [-0.05, 0) is 45.2 Å². The van der Waals surface area contributed by atoms with Gasteiger partial charge in [0.2, 0.25) is 0 Å². The second-order valence-corrected chi connectivity index (χ2v) is 7.04. The first kappa shape index (κ1) is 15.1. The number of aliphatic hydroxyl groups is 1. The lowest BCUT2D eigenvalue weighted by Gasteiger charge is -2.26. The van der Waals surface area contributed by atoms with Crippen molar-refractivity contribution < 1.29 is 5.11 Å². The summed E-state index contributed by atoms with van der Waals surface area (Å²) in [6.45, 7) is 5.89. The van der Waals surface area contributed by atoms with Gasteiger partial charge < -0.3 is 14.9 Å². The van der Waals surface area contributed by atoms with Crippen molar-refractivity contribution in [3.05, 3.63) is 12.4 Å². The third-order valence-electron chi connectivity index (χ3n) is 5.66. The molecule has 126 valence electrons. The highest BCUT2D eigenvalue weighted by Crippen LogP contribution is 2.28. The first-order valence-corrected chi connectivity index (χ1v) is 9.03. The highest BCUT2D eigenvalue weighted by Gasteiger charge is 2.31. The van der Waals surface area contributed by atoms with Crippen molar-refractivity contribution >= 4 is 11.6 Å². The summed E-state index contributed by atoms with van der Waals surface area (Å²) in [7, 11) is 0. The lowest BCUT2D eigenvalue weighted by atomic mass is 10.2. The second kappa shape index (κ2) is 6.61. The van der Waals surface area contributed by atoms with Crippen LogP contribution in [0.5, 0.6) is 0 Å². The molecule has 3 aliphatic rings. The van der Waals surface area contributed by atoms with Crippen molar-refractivity contribution in [2.45, 2.75) is 44.2 Å². The molecule has 2 atom stereocenters. The Kier molecular flexibility index (Phi) is 4.35. The maximum Gasteiger partial charge on any atom is 0.134 e. The van der Waals surface area contributed by atoms with E-state index in [1.165, 1.54) is 32.4 Å². The molecule has 4 heterocycles. The van der Waals surface area contributed by atoms with E-state index in [0.717, 1.165) is 44.1 Å². The molecule has 0 unspecified atom stereocenters. The van der Waals surface area contributed by atoms with Crippen LogP contribution < -0.4 is 9.80 Å². The van der Waals surface area contributed by atoms with E-state index in [0.29, 0.717) is 6.04 Å². The lowest BCUT2D eigenvalue weighted by molar-refractivity contribution is 0.260. The summed E-state index contributed by atoms with van der Waals surface area (Å²) in [5, 5.41) is 9.53. The van der Waals surface area contributed by atoms with Crippen molar-refractivity contribution in [3.63, 3.8) is 0 Å². The summed E-state index contributed by atoms with van der Waals surface area (Å²) in [6, 6.07) is 3.02. The number of hydrogen-bond donors (Lipinski definition) is 1. The van der Waals surface area contributed by atoms with Gasteiger partial charge in [-0.15, -0.1) is 0 Å². The Balaban J connectivity index is 1.46. The van der Waals surface area contributed by atoms with Gasteiger partial charge in [0.15, 0.2) is 0 Å². The maximum absolute atomic E-state index is 9.53. The maximum atomic E-state index is 9.53. The normalized spacial score (nSPS) is 28.9. The monoisotopic (exact) mass is 317 g/mol. The minimum absolute atomic E-state index is 0.208. The van der Waals surface area contributed by atoms with Gasteiger partial charge in [-0.3, -0.25) is 4.90 Å². The topological polar surface area (TPSA) is 55.7 Å². The molecule has 0 aromatic carbocycles. The molecular weight excluding hydrogens is 290 g/mol. The number of nitrogens with zero attached hydrogens (tertiary/aromatic N) is 5. The molecule has 0 amide bonds. The van der Waals surface area contributed by atoms with E-state index < -0.39 is 0 Å². The molecule has 3 saturated heterocycles. The predicted molar refractivity (Wildman–Crippen MR) is 90.9 cm³/mol. The van der Waals surface area contributed by atoms with Crippen LogP contribution in [0.1, 0.15) is 32.1 Å². The molecule has 3 aliphatic heterocycles. The zero-order chi connectivity index (χ0) is 15.6. The van der Waals surface area contributed by atoms with Gasteiger partial charge in [0.1, 0.15) is 18.0 Å². The van der Waals surface area contributed by atoms with Gasteiger partial charge in [0.05, 0.1) is 12.6 Å². The molecule has 4 rings (SSSR count). The predicted octanol–water partition coefficient (Wildman–Crippen LogP) is 1.11. The average Bonchev–Trinajstić information content (AvgIpc) is 3.34. The summed E-state index contributed by atoms with van der Waals surface area (Å²) < 4.78 is 0. The van der Waals surface area contributed by atoms with E-state index >= 15 is 0 Å². The smallest absolute Gasteiger partial charge is 0.134 e. The Bertz CT molecular complexity index is 533. The SMILES string of the molecule is OC[C@@H]1CCCN1c1cc(N2CC[C@@H](N3CCCC3)C2)ncn1. The number of aromatic nitrogens is 2. The molecule has 6 heteroatoms. The minimum atomic E-state index is 0.208. The lowest BCUT2D eigenvalue weighted by Crippen LogP contribution is -2.35. The molecule has 3 fully saturated rings. The summed E-state index contributed by atoms with van der Waals surface area (Å²) >= 11 is 0. The summed E-state index contributed by atoms with van der Waals surface area (Å²) in [5.41, 5.74) is 0. The van der Waals surface area contributed by atoms with Gasteiger partial charge in [-0.1, -0.05) is 0 Å². The molecule has 1 aromatic heterocycles.